The Balaban J connectivity index is 2.10. The first-order valence-electron chi connectivity index (χ1n) is 8.38. The molecular weight excluding hydrogens is 232 g/mol. The molecule has 0 amide bonds. The molecular formula is C17H36N2. The van der Waals surface area contributed by atoms with E-state index in [4.69, 9.17) is 0 Å². The van der Waals surface area contributed by atoms with Crippen LogP contribution in [0.3, 0.4) is 0 Å². The normalized spacial score (nSPS) is 20.7. The van der Waals surface area contributed by atoms with Gasteiger partial charge in [-0.3, -0.25) is 0 Å². The number of hydrogen-bond donors (Lipinski definition) is 1. The zero-order valence-electron chi connectivity index (χ0n) is 14.0. The largest absolute Gasteiger partial charge is 0.312 e. The molecule has 1 heterocycles. The van der Waals surface area contributed by atoms with Crippen LogP contribution in [-0.2, 0) is 0 Å². The van der Waals surface area contributed by atoms with E-state index in [-0.39, 0.29) is 5.54 Å². The first-order chi connectivity index (χ1) is 8.91. The average Bonchev–Trinajstić information content (AvgIpc) is 2.38. The van der Waals surface area contributed by atoms with Crippen LogP contribution in [0.5, 0.6) is 0 Å². The summed E-state index contributed by atoms with van der Waals surface area (Å²) in [6.07, 6.45) is 8.22. The van der Waals surface area contributed by atoms with Crippen molar-refractivity contribution in [2.24, 2.45) is 5.41 Å². The molecule has 0 atom stereocenters. The van der Waals surface area contributed by atoms with E-state index in [2.05, 4.69) is 44.8 Å². The minimum atomic E-state index is 0.271. The van der Waals surface area contributed by atoms with E-state index < -0.39 is 0 Å². The lowest BCUT2D eigenvalue weighted by atomic mass is 9.74. The van der Waals surface area contributed by atoms with Crippen LogP contribution in [0.4, 0.5) is 0 Å². The Bertz CT molecular complexity index is 228. The summed E-state index contributed by atoms with van der Waals surface area (Å²) < 4.78 is 0. The average molecular weight is 268 g/mol. The van der Waals surface area contributed by atoms with Crippen LogP contribution < -0.4 is 5.32 Å². The van der Waals surface area contributed by atoms with Crippen LogP contribution in [-0.4, -0.2) is 36.6 Å². The van der Waals surface area contributed by atoms with Crippen LogP contribution in [0.25, 0.3) is 0 Å². The van der Waals surface area contributed by atoms with Gasteiger partial charge in [-0.1, -0.05) is 26.7 Å². The van der Waals surface area contributed by atoms with E-state index in [1.807, 2.05) is 0 Å². The molecule has 0 spiro atoms. The highest BCUT2D eigenvalue weighted by Crippen LogP contribution is 2.37. The molecule has 0 radical (unpaired) electrons. The third-order valence-corrected chi connectivity index (χ3v) is 4.97. The van der Waals surface area contributed by atoms with Gasteiger partial charge in [0.05, 0.1) is 0 Å². The second-order valence-electron chi connectivity index (χ2n) is 7.43. The third kappa shape index (κ3) is 6.27. The molecule has 1 rings (SSSR count). The van der Waals surface area contributed by atoms with Gasteiger partial charge in [0.1, 0.15) is 0 Å². The number of rotatable bonds is 7. The topological polar surface area (TPSA) is 15.3 Å². The van der Waals surface area contributed by atoms with Crippen LogP contribution in [0.2, 0.25) is 0 Å². The fourth-order valence-corrected chi connectivity index (χ4v) is 3.13. The summed E-state index contributed by atoms with van der Waals surface area (Å²) in [7, 11) is 0. The number of nitrogens with zero attached hydrogens (tertiary/aromatic N) is 1. The van der Waals surface area contributed by atoms with E-state index in [1.165, 1.54) is 58.2 Å². The van der Waals surface area contributed by atoms with E-state index >= 15 is 0 Å². The van der Waals surface area contributed by atoms with Crippen molar-refractivity contribution in [2.75, 3.05) is 26.2 Å². The summed E-state index contributed by atoms with van der Waals surface area (Å²) in [6, 6.07) is 0. The Morgan fingerprint density at radius 1 is 1.00 bits per heavy atom. The molecule has 0 aromatic heterocycles. The molecule has 0 unspecified atom stereocenters. The molecule has 0 aliphatic carbocycles. The summed E-state index contributed by atoms with van der Waals surface area (Å²) in [5.74, 6) is 0. The van der Waals surface area contributed by atoms with Gasteiger partial charge in [-0.05, 0) is 78.0 Å². The summed E-state index contributed by atoms with van der Waals surface area (Å²) >= 11 is 0. The monoisotopic (exact) mass is 268 g/mol. The summed E-state index contributed by atoms with van der Waals surface area (Å²) in [5, 5.41) is 3.57. The fourth-order valence-electron chi connectivity index (χ4n) is 3.13. The molecule has 2 heteroatoms. The molecule has 1 saturated heterocycles. The summed E-state index contributed by atoms with van der Waals surface area (Å²) in [5.41, 5.74) is 0.942. The Labute approximate surface area is 121 Å². The predicted molar refractivity (Wildman–Crippen MR) is 85.7 cm³/mol. The van der Waals surface area contributed by atoms with Gasteiger partial charge in [-0.2, -0.15) is 0 Å². The minimum absolute atomic E-state index is 0.271. The van der Waals surface area contributed by atoms with Crippen LogP contribution >= 0.6 is 0 Å². The van der Waals surface area contributed by atoms with Gasteiger partial charge in [0.25, 0.3) is 0 Å². The van der Waals surface area contributed by atoms with Gasteiger partial charge >= 0.3 is 0 Å². The zero-order valence-corrected chi connectivity index (χ0v) is 14.0. The standard InChI is InChI=1S/C17H36N2/c1-6-17(7-2)10-14-19(15-11-17)13-9-8-12-18-16(3,4)5/h18H,6-15H2,1-5H3. The molecule has 114 valence electrons. The third-order valence-electron chi connectivity index (χ3n) is 4.97. The number of unbranched alkanes of at least 4 members (excludes halogenated alkanes) is 1. The molecule has 0 bridgehead atoms. The zero-order chi connectivity index (χ0) is 14.4. The van der Waals surface area contributed by atoms with Crippen molar-refractivity contribution in [3.05, 3.63) is 0 Å². The smallest absolute Gasteiger partial charge is 0.00965 e. The molecule has 1 N–H and O–H groups in total. The van der Waals surface area contributed by atoms with Crippen molar-refractivity contribution >= 4 is 0 Å². The fraction of sp³-hybridized carbons (Fsp3) is 1.00. The summed E-state index contributed by atoms with van der Waals surface area (Å²) in [4.78, 5) is 2.68. The molecule has 0 aromatic carbocycles. The number of nitrogens with one attached hydrogen (secondary N) is 1. The Morgan fingerprint density at radius 3 is 2.05 bits per heavy atom. The quantitative estimate of drug-likeness (QED) is 0.701. The molecule has 2 nitrogen and oxygen atoms in total. The second kappa shape index (κ2) is 7.64. The van der Waals surface area contributed by atoms with Crippen LogP contribution in [0.15, 0.2) is 0 Å². The van der Waals surface area contributed by atoms with Crippen LogP contribution in [0, 0.1) is 5.41 Å². The Morgan fingerprint density at radius 2 is 1.58 bits per heavy atom. The SMILES string of the molecule is CCC1(CC)CCN(CCCCNC(C)(C)C)CC1. The van der Waals surface area contributed by atoms with E-state index in [1.54, 1.807) is 0 Å². The van der Waals surface area contributed by atoms with Crippen molar-refractivity contribution < 1.29 is 0 Å². The minimum Gasteiger partial charge on any atom is -0.312 e. The number of piperidine rings is 1. The van der Waals surface area contributed by atoms with Gasteiger partial charge in [-0.15, -0.1) is 0 Å². The summed E-state index contributed by atoms with van der Waals surface area (Å²) in [6.45, 7) is 16.6. The van der Waals surface area contributed by atoms with Gasteiger partial charge in [0.15, 0.2) is 0 Å². The molecule has 1 aliphatic heterocycles. The molecule has 0 aromatic rings. The van der Waals surface area contributed by atoms with Crippen molar-refractivity contribution in [1.29, 1.82) is 0 Å². The van der Waals surface area contributed by atoms with Crippen molar-refractivity contribution in [3.8, 4) is 0 Å². The van der Waals surface area contributed by atoms with E-state index in [0.717, 1.165) is 6.54 Å². The first kappa shape index (κ1) is 17.0. The van der Waals surface area contributed by atoms with Crippen molar-refractivity contribution in [3.63, 3.8) is 0 Å². The lowest BCUT2D eigenvalue weighted by Gasteiger charge is -2.41. The predicted octanol–water partition coefficient (Wildman–Crippen LogP) is 4.06. The second-order valence-corrected chi connectivity index (χ2v) is 7.43. The molecule has 1 aliphatic rings. The Kier molecular flexibility index (Phi) is 6.82. The molecule has 1 fully saturated rings. The molecule has 0 saturated carbocycles. The maximum absolute atomic E-state index is 3.57. The van der Waals surface area contributed by atoms with Crippen molar-refractivity contribution in [1.82, 2.24) is 10.2 Å². The first-order valence-corrected chi connectivity index (χ1v) is 8.38. The highest BCUT2D eigenvalue weighted by atomic mass is 15.1. The highest BCUT2D eigenvalue weighted by Gasteiger charge is 2.30. The molecule has 19 heavy (non-hydrogen) atoms. The van der Waals surface area contributed by atoms with Gasteiger partial charge in [-0.25, -0.2) is 0 Å². The van der Waals surface area contributed by atoms with Gasteiger partial charge < -0.3 is 10.2 Å². The van der Waals surface area contributed by atoms with E-state index in [9.17, 15) is 0 Å². The Hall–Kier alpha value is -0.0800. The van der Waals surface area contributed by atoms with E-state index in [0.29, 0.717) is 5.41 Å². The maximum atomic E-state index is 3.57. The number of hydrogen-bond acceptors (Lipinski definition) is 2. The maximum Gasteiger partial charge on any atom is 0.00965 e. The van der Waals surface area contributed by atoms with Crippen molar-refractivity contribution in [2.45, 2.75) is 78.7 Å². The van der Waals surface area contributed by atoms with Gasteiger partial charge in [0, 0.05) is 5.54 Å². The number of likely N-dealkylation sites (tertiary alicyclic amines) is 1. The lowest BCUT2D eigenvalue weighted by molar-refractivity contribution is 0.0943. The van der Waals surface area contributed by atoms with Crippen LogP contribution in [0.1, 0.15) is 73.1 Å². The lowest BCUT2D eigenvalue weighted by Crippen LogP contribution is -2.40. The van der Waals surface area contributed by atoms with Gasteiger partial charge in [0.2, 0.25) is 0 Å². The highest BCUT2D eigenvalue weighted by molar-refractivity contribution is 4.83.